The molecule has 0 atom stereocenters. The first-order chi connectivity index (χ1) is 5.70. The molecule has 1 aromatic heterocycles. The van der Waals surface area contributed by atoms with Crippen molar-refractivity contribution in [1.82, 2.24) is 4.98 Å². The van der Waals surface area contributed by atoms with Gasteiger partial charge < -0.3 is 4.42 Å². The van der Waals surface area contributed by atoms with Crippen molar-refractivity contribution in [1.29, 1.82) is 0 Å². The zero-order valence-corrected chi connectivity index (χ0v) is 7.51. The number of aromatic nitrogens is 1. The zero-order valence-electron chi connectivity index (χ0n) is 7.51. The van der Waals surface area contributed by atoms with Gasteiger partial charge in [0.1, 0.15) is 5.52 Å². The summed E-state index contributed by atoms with van der Waals surface area (Å²) in [5, 5.41) is 0. The molecule has 2 heteroatoms. The minimum Gasteiger partial charge on any atom is -0.443 e. The largest absolute Gasteiger partial charge is 0.443 e. The molecule has 0 bridgehead atoms. The minimum atomic E-state index is 0.885. The molecule has 0 radical (unpaired) electrons. The van der Waals surface area contributed by atoms with Crippen molar-refractivity contribution in [2.24, 2.45) is 0 Å². The number of nitrogens with zero attached hydrogens (tertiary/aromatic N) is 1. The van der Waals surface area contributed by atoms with E-state index < -0.39 is 0 Å². The summed E-state index contributed by atoms with van der Waals surface area (Å²) in [5.74, 6) is 0. The van der Waals surface area contributed by atoms with E-state index in [2.05, 4.69) is 25.8 Å². The van der Waals surface area contributed by atoms with Gasteiger partial charge in [-0.25, -0.2) is 4.98 Å². The second-order valence-corrected chi connectivity index (χ2v) is 3.14. The molecule has 0 amide bonds. The Labute approximate surface area is 71.2 Å². The van der Waals surface area contributed by atoms with Gasteiger partial charge in [0.15, 0.2) is 12.0 Å². The van der Waals surface area contributed by atoms with Crippen LogP contribution < -0.4 is 0 Å². The fraction of sp³-hybridized carbons (Fsp3) is 0.300. The molecular formula is C10H11NO. The van der Waals surface area contributed by atoms with Gasteiger partial charge in [-0.05, 0) is 43.5 Å². The first-order valence-corrected chi connectivity index (χ1v) is 4.00. The Balaban J connectivity index is 2.94. The molecule has 62 valence electrons. The van der Waals surface area contributed by atoms with Crippen LogP contribution in [0, 0.1) is 20.8 Å². The molecule has 0 unspecified atom stereocenters. The van der Waals surface area contributed by atoms with Gasteiger partial charge in [0.2, 0.25) is 0 Å². The summed E-state index contributed by atoms with van der Waals surface area (Å²) in [6.45, 7) is 6.27. The number of benzene rings is 1. The first kappa shape index (κ1) is 7.35. The van der Waals surface area contributed by atoms with E-state index in [1.165, 1.54) is 23.1 Å². The second kappa shape index (κ2) is 2.34. The van der Waals surface area contributed by atoms with E-state index in [-0.39, 0.29) is 0 Å². The van der Waals surface area contributed by atoms with Crippen molar-refractivity contribution in [3.8, 4) is 0 Å². The highest BCUT2D eigenvalue weighted by molar-refractivity contribution is 5.78. The average Bonchev–Trinajstić information content (AvgIpc) is 2.48. The summed E-state index contributed by atoms with van der Waals surface area (Å²) >= 11 is 0. The molecule has 2 rings (SSSR count). The van der Waals surface area contributed by atoms with E-state index in [4.69, 9.17) is 4.42 Å². The van der Waals surface area contributed by atoms with Crippen LogP contribution in [0.15, 0.2) is 16.9 Å². The van der Waals surface area contributed by atoms with E-state index in [9.17, 15) is 0 Å². The average molecular weight is 161 g/mol. The van der Waals surface area contributed by atoms with Crippen LogP contribution in [0.5, 0.6) is 0 Å². The molecule has 0 spiro atoms. The van der Waals surface area contributed by atoms with Gasteiger partial charge in [-0.2, -0.15) is 0 Å². The fourth-order valence-corrected chi connectivity index (χ4v) is 1.42. The van der Waals surface area contributed by atoms with Gasteiger partial charge in [-0.1, -0.05) is 0 Å². The summed E-state index contributed by atoms with van der Waals surface area (Å²) in [4.78, 5) is 4.15. The topological polar surface area (TPSA) is 26.0 Å². The van der Waals surface area contributed by atoms with Gasteiger partial charge in [-0.3, -0.25) is 0 Å². The van der Waals surface area contributed by atoms with E-state index in [1.807, 2.05) is 6.07 Å². The van der Waals surface area contributed by atoms with Gasteiger partial charge in [0, 0.05) is 0 Å². The summed E-state index contributed by atoms with van der Waals surface area (Å²) in [6, 6.07) is 2.03. The number of rotatable bonds is 0. The Morgan fingerprint density at radius 1 is 1.17 bits per heavy atom. The van der Waals surface area contributed by atoms with Gasteiger partial charge in [0.05, 0.1) is 0 Å². The predicted octanol–water partition coefficient (Wildman–Crippen LogP) is 2.75. The van der Waals surface area contributed by atoms with Crippen LogP contribution in [-0.2, 0) is 0 Å². The van der Waals surface area contributed by atoms with E-state index in [1.54, 1.807) is 0 Å². The molecule has 2 nitrogen and oxygen atoms in total. The van der Waals surface area contributed by atoms with Crippen molar-refractivity contribution >= 4 is 11.1 Å². The lowest BCUT2D eigenvalue weighted by Gasteiger charge is -2.03. The zero-order chi connectivity index (χ0) is 8.72. The van der Waals surface area contributed by atoms with Crippen molar-refractivity contribution in [2.75, 3.05) is 0 Å². The third kappa shape index (κ3) is 0.843. The van der Waals surface area contributed by atoms with Gasteiger partial charge >= 0.3 is 0 Å². The molecule has 0 aliphatic heterocycles. The number of aryl methyl sites for hydroxylation is 2. The molecule has 0 saturated carbocycles. The Hall–Kier alpha value is -1.31. The van der Waals surface area contributed by atoms with Crippen molar-refractivity contribution in [2.45, 2.75) is 20.8 Å². The Kier molecular flexibility index (Phi) is 1.43. The summed E-state index contributed by atoms with van der Waals surface area (Å²) in [5.41, 5.74) is 5.65. The summed E-state index contributed by atoms with van der Waals surface area (Å²) < 4.78 is 5.22. The van der Waals surface area contributed by atoms with Crippen LogP contribution in [0.3, 0.4) is 0 Å². The molecule has 0 N–H and O–H groups in total. The SMILES string of the molecule is Cc1cc2ocnc2c(C)c1C. The Morgan fingerprint density at radius 2 is 1.92 bits per heavy atom. The quantitative estimate of drug-likeness (QED) is 0.593. The standard InChI is InChI=1S/C10H11NO/c1-6-4-9-10(11-5-12-9)8(3)7(6)2/h4-5H,1-3H3. The highest BCUT2D eigenvalue weighted by Gasteiger charge is 2.06. The van der Waals surface area contributed by atoms with Crippen LogP contribution >= 0.6 is 0 Å². The third-order valence-corrected chi connectivity index (χ3v) is 2.45. The molecule has 1 aromatic carbocycles. The molecule has 0 fully saturated rings. The smallest absolute Gasteiger partial charge is 0.181 e. The number of hydrogen-bond donors (Lipinski definition) is 0. The summed E-state index contributed by atoms with van der Waals surface area (Å²) in [6.07, 6.45) is 1.50. The molecule has 12 heavy (non-hydrogen) atoms. The second-order valence-electron chi connectivity index (χ2n) is 3.14. The summed E-state index contributed by atoms with van der Waals surface area (Å²) in [7, 11) is 0. The first-order valence-electron chi connectivity index (χ1n) is 4.00. The van der Waals surface area contributed by atoms with Crippen LogP contribution in [0.25, 0.3) is 11.1 Å². The predicted molar refractivity (Wildman–Crippen MR) is 48.2 cm³/mol. The van der Waals surface area contributed by atoms with Crippen molar-refractivity contribution in [3.05, 3.63) is 29.2 Å². The van der Waals surface area contributed by atoms with E-state index in [0.29, 0.717) is 0 Å². The van der Waals surface area contributed by atoms with Gasteiger partial charge in [-0.15, -0.1) is 0 Å². The minimum absolute atomic E-state index is 0.885. The number of hydrogen-bond acceptors (Lipinski definition) is 2. The monoisotopic (exact) mass is 161 g/mol. The fourth-order valence-electron chi connectivity index (χ4n) is 1.42. The van der Waals surface area contributed by atoms with Crippen LogP contribution in [0.2, 0.25) is 0 Å². The van der Waals surface area contributed by atoms with Crippen LogP contribution in [0.1, 0.15) is 16.7 Å². The molecule has 2 aromatic rings. The maximum absolute atomic E-state index is 5.22. The Morgan fingerprint density at radius 3 is 2.67 bits per heavy atom. The van der Waals surface area contributed by atoms with Crippen molar-refractivity contribution in [3.63, 3.8) is 0 Å². The van der Waals surface area contributed by atoms with Crippen LogP contribution in [0.4, 0.5) is 0 Å². The van der Waals surface area contributed by atoms with Gasteiger partial charge in [0.25, 0.3) is 0 Å². The molecule has 0 aliphatic carbocycles. The Bertz CT molecular complexity index is 429. The lowest BCUT2D eigenvalue weighted by atomic mass is 10.0. The normalized spacial score (nSPS) is 10.9. The molecule has 0 aliphatic rings. The third-order valence-electron chi connectivity index (χ3n) is 2.45. The lowest BCUT2D eigenvalue weighted by Crippen LogP contribution is -1.87. The molecule has 1 heterocycles. The molecule has 0 saturated heterocycles. The van der Waals surface area contributed by atoms with E-state index >= 15 is 0 Å². The molecular weight excluding hydrogens is 150 g/mol. The maximum Gasteiger partial charge on any atom is 0.181 e. The maximum atomic E-state index is 5.22. The number of fused-ring (bicyclic) bond motifs is 1. The number of oxazole rings is 1. The highest BCUT2D eigenvalue weighted by Crippen LogP contribution is 2.22. The lowest BCUT2D eigenvalue weighted by molar-refractivity contribution is 0.602. The van der Waals surface area contributed by atoms with E-state index in [0.717, 1.165) is 11.1 Å². The van der Waals surface area contributed by atoms with Crippen LogP contribution in [-0.4, -0.2) is 4.98 Å². The highest BCUT2D eigenvalue weighted by atomic mass is 16.3. The van der Waals surface area contributed by atoms with Crippen molar-refractivity contribution < 1.29 is 4.42 Å².